The highest BCUT2D eigenvalue weighted by Gasteiger charge is 2.22. The van der Waals surface area contributed by atoms with E-state index in [1.54, 1.807) is 0 Å². The molecule has 0 aliphatic carbocycles. The monoisotopic (exact) mass is 340 g/mol. The summed E-state index contributed by atoms with van der Waals surface area (Å²) in [5.41, 5.74) is 3.43. The summed E-state index contributed by atoms with van der Waals surface area (Å²) in [7, 11) is 0. The summed E-state index contributed by atoms with van der Waals surface area (Å²) in [5.74, 6) is 2.74. The van der Waals surface area contributed by atoms with Crippen LogP contribution >= 0.6 is 0 Å². The third kappa shape index (κ3) is 4.14. The fraction of sp³-hybridized carbons (Fsp3) is 0.500. The lowest BCUT2D eigenvalue weighted by atomic mass is 10.0. The van der Waals surface area contributed by atoms with Crippen LogP contribution in [-0.2, 0) is 11.2 Å². The van der Waals surface area contributed by atoms with E-state index in [4.69, 9.17) is 6.42 Å². The summed E-state index contributed by atoms with van der Waals surface area (Å²) in [5, 5.41) is 7.51. The van der Waals surface area contributed by atoms with Crippen LogP contribution in [-0.4, -0.2) is 32.7 Å². The van der Waals surface area contributed by atoms with E-state index in [0.717, 1.165) is 22.6 Å². The van der Waals surface area contributed by atoms with Gasteiger partial charge in [0.15, 0.2) is 0 Å². The summed E-state index contributed by atoms with van der Waals surface area (Å²) < 4.78 is 1.97. The molecule has 0 bridgehead atoms. The molecule has 0 aromatic carbocycles. The zero-order valence-corrected chi connectivity index (χ0v) is 16.1. The van der Waals surface area contributed by atoms with Gasteiger partial charge in [-0.2, -0.15) is 5.10 Å². The van der Waals surface area contributed by atoms with Gasteiger partial charge >= 0.3 is 0 Å². The largest absolute Gasteiger partial charge is 0.358 e. The average Bonchev–Trinajstić information content (AvgIpc) is 2.83. The standard InChI is InChI=1S/C20H28N4O/c1-8-20(6,7)23-11-9-17(10-12-23)21-19(25)13-18-15(4)22-24(14(2)3)16(18)5/h1,9-11,14H,12-13H2,2-7H3,(H,21,25). The van der Waals surface area contributed by atoms with Gasteiger partial charge in [0.2, 0.25) is 5.91 Å². The van der Waals surface area contributed by atoms with E-state index in [-0.39, 0.29) is 17.5 Å². The van der Waals surface area contributed by atoms with Crippen LogP contribution in [0.4, 0.5) is 0 Å². The first-order valence-corrected chi connectivity index (χ1v) is 8.63. The van der Waals surface area contributed by atoms with Crippen molar-refractivity contribution in [2.75, 3.05) is 6.54 Å². The predicted octanol–water partition coefficient (Wildman–Crippen LogP) is 2.86. The number of amides is 1. The highest BCUT2D eigenvalue weighted by molar-refractivity contribution is 5.81. The second-order valence-electron chi connectivity index (χ2n) is 7.24. The number of hydrogen-bond acceptors (Lipinski definition) is 3. The van der Waals surface area contributed by atoms with Crippen LogP contribution in [0, 0.1) is 26.2 Å². The Balaban J connectivity index is 2.01. The number of nitrogens with zero attached hydrogens (tertiary/aromatic N) is 3. The second-order valence-corrected chi connectivity index (χ2v) is 7.24. The highest BCUT2D eigenvalue weighted by Crippen LogP contribution is 2.19. The molecule has 134 valence electrons. The number of allylic oxidation sites excluding steroid dienone is 1. The van der Waals surface area contributed by atoms with Crippen LogP contribution in [0.3, 0.4) is 0 Å². The maximum absolute atomic E-state index is 12.4. The normalized spacial score (nSPS) is 14.5. The Morgan fingerprint density at radius 2 is 2.12 bits per heavy atom. The molecule has 0 fully saturated rings. The minimum absolute atomic E-state index is 0.0323. The van der Waals surface area contributed by atoms with Crippen molar-refractivity contribution in [3.05, 3.63) is 41.0 Å². The molecule has 0 atom stereocenters. The Morgan fingerprint density at radius 3 is 2.60 bits per heavy atom. The van der Waals surface area contributed by atoms with Gasteiger partial charge < -0.3 is 10.2 Å². The van der Waals surface area contributed by atoms with Crippen LogP contribution < -0.4 is 5.32 Å². The third-order valence-corrected chi connectivity index (χ3v) is 4.60. The molecule has 5 nitrogen and oxygen atoms in total. The van der Waals surface area contributed by atoms with Gasteiger partial charge in [-0.3, -0.25) is 9.48 Å². The Bertz CT molecular complexity index is 759. The molecule has 1 aliphatic rings. The van der Waals surface area contributed by atoms with Crippen molar-refractivity contribution in [3.63, 3.8) is 0 Å². The zero-order valence-electron chi connectivity index (χ0n) is 16.1. The van der Waals surface area contributed by atoms with E-state index in [9.17, 15) is 4.79 Å². The van der Waals surface area contributed by atoms with Gasteiger partial charge in [-0.05, 0) is 53.7 Å². The Morgan fingerprint density at radius 1 is 1.44 bits per heavy atom. The number of carbonyl (C=O) groups excluding carboxylic acids is 1. The number of nitrogens with one attached hydrogen (secondary N) is 1. The van der Waals surface area contributed by atoms with Crippen LogP contribution in [0.5, 0.6) is 0 Å². The van der Waals surface area contributed by atoms with E-state index in [1.807, 2.05) is 50.7 Å². The van der Waals surface area contributed by atoms with E-state index < -0.39 is 0 Å². The molecule has 1 aromatic rings. The van der Waals surface area contributed by atoms with Gasteiger partial charge in [-0.1, -0.05) is 5.92 Å². The number of aryl methyl sites for hydroxylation is 1. The average molecular weight is 340 g/mol. The first-order valence-electron chi connectivity index (χ1n) is 8.63. The smallest absolute Gasteiger partial charge is 0.228 e. The van der Waals surface area contributed by atoms with Crippen molar-refractivity contribution < 1.29 is 4.79 Å². The van der Waals surface area contributed by atoms with E-state index in [1.165, 1.54) is 0 Å². The van der Waals surface area contributed by atoms with Crippen LogP contribution in [0.15, 0.2) is 24.0 Å². The highest BCUT2D eigenvalue weighted by atomic mass is 16.1. The molecule has 5 heteroatoms. The maximum Gasteiger partial charge on any atom is 0.228 e. The molecular weight excluding hydrogens is 312 g/mol. The predicted molar refractivity (Wildman–Crippen MR) is 101 cm³/mol. The number of aromatic nitrogens is 2. The molecule has 0 saturated carbocycles. The number of rotatable bonds is 5. The molecule has 0 radical (unpaired) electrons. The van der Waals surface area contributed by atoms with Crippen molar-refractivity contribution in [2.24, 2.45) is 0 Å². The van der Waals surface area contributed by atoms with Crippen molar-refractivity contribution >= 4 is 5.91 Å². The molecule has 2 heterocycles. The van der Waals surface area contributed by atoms with Crippen molar-refractivity contribution in [3.8, 4) is 12.3 Å². The van der Waals surface area contributed by atoms with Crippen molar-refractivity contribution in [1.29, 1.82) is 0 Å². The topological polar surface area (TPSA) is 50.2 Å². The van der Waals surface area contributed by atoms with Crippen molar-refractivity contribution in [2.45, 2.75) is 59.5 Å². The number of terminal acetylenes is 1. The summed E-state index contributed by atoms with van der Waals surface area (Å²) >= 11 is 0. The number of carbonyl (C=O) groups is 1. The molecule has 0 spiro atoms. The molecule has 1 N–H and O–H groups in total. The lowest BCUT2D eigenvalue weighted by molar-refractivity contribution is -0.119. The Labute approximate surface area is 150 Å². The fourth-order valence-corrected chi connectivity index (χ4v) is 2.91. The van der Waals surface area contributed by atoms with E-state index >= 15 is 0 Å². The molecule has 1 aromatic heterocycles. The minimum Gasteiger partial charge on any atom is -0.358 e. The summed E-state index contributed by atoms with van der Waals surface area (Å²) in [6, 6.07) is 0.282. The molecule has 1 aliphatic heterocycles. The summed E-state index contributed by atoms with van der Waals surface area (Å²) in [6.07, 6.45) is 11.7. The van der Waals surface area contributed by atoms with E-state index in [0.29, 0.717) is 13.0 Å². The molecule has 0 unspecified atom stereocenters. The van der Waals surface area contributed by atoms with Gasteiger partial charge in [0.1, 0.15) is 0 Å². The first kappa shape index (κ1) is 18.9. The van der Waals surface area contributed by atoms with Gasteiger partial charge in [0, 0.05) is 35.7 Å². The SMILES string of the molecule is C#CC(C)(C)N1C=CC(NC(=O)Cc2c(C)nn(C(C)C)c2C)=CC1. The van der Waals surface area contributed by atoms with Gasteiger partial charge in [0.05, 0.1) is 17.7 Å². The first-order chi connectivity index (χ1) is 11.7. The Hall–Kier alpha value is -2.48. The fourth-order valence-electron chi connectivity index (χ4n) is 2.91. The minimum atomic E-state index is -0.345. The maximum atomic E-state index is 12.4. The molecule has 1 amide bonds. The van der Waals surface area contributed by atoms with Crippen LogP contribution in [0.1, 0.15) is 50.7 Å². The summed E-state index contributed by atoms with van der Waals surface area (Å²) in [4.78, 5) is 14.5. The molecular formula is C20H28N4O. The van der Waals surface area contributed by atoms with Gasteiger partial charge in [-0.25, -0.2) is 0 Å². The van der Waals surface area contributed by atoms with Crippen LogP contribution in [0.25, 0.3) is 0 Å². The Kier molecular flexibility index (Phi) is 5.42. The lowest BCUT2D eigenvalue weighted by Gasteiger charge is -2.34. The molecule has 0 saturated heterocycles. The van der Waals surface area contributed by atoms with Gasteiger partial charge in [0.25, 0.3) is 0 Å². The van der Waals surface area contributed by atoms with Crippen molar-refractivity contribution in [1.82, 2.24) is 20.0 Å². The quantitative estimate of drug-likeness (QED) is 0.839. The molecule has 2 rings (SSSR count). The van der Waals surface area contributed by atoms with E-state index in [2.05, 4.69) is 35.1 Å². The summed E-state index contributed by atoms with van der Waals surface area (Å²) in [6.45, 7) is 12.8. The lowest BCUT2D eigenvalue weighted by Crippen LogP contribution is -2.40. The van der Waals surface area contributed by atoms with Gasteiger partial charge in [-0.15, -0.1) is 6.42 Å². The zero-order chi connectivity index (χ0) is 18.8. The molecule has 25 heavy (non-hydrogen) atoms. The third-order valence-electron chi connectivity index (χ3n) is 4.60. The number of hydrogen-bond donors (Lipinski definition) is 1. The van der Waals surface area contributed by atoms with Crippen LogP contribution in [0.2, 0.25) is 0 Å². The second kappa shape index (κ2) is 7.18.